The van der Waals surface area contributed by atoms with Gasteiger partial charge in [0.15, 0.2) is 6.23 Å². The maximum atomic E-state index is 13.9. The van der Waals surface area contributed by atoms with Crippen molar-refractivity contribution in [3.05, 3.63) is 63.3 Å². The van der Waals surface area contributed by atoms with E-state index in [9.17, 15) is 14.4 Å². The van der Waals surface area contributed by atoms with E-state index in [-0.39, 0.29) is 31.0 Å². The van der Waals surface area contributed by atoms with Crippen LogP contribution in [0.3, 0.4) is 0 Å². The lowest BCUT2D eigenvalue weighted by Gasteiger charge is -2.36. The third kappa shape index (κ3) is 5.48. The number of amides is 3. The van der Waals surface area contributed by atoms with E-state index in [1.807, 2.05) is 23.0 Å². The monoisotopic (exact) mass is 598 g/mol. The summed E-state index contributed by atoms with van der Waals surface area (Å²) in [4.78, 5) is 37.8. The normalized spacial score (nSPS) is 22.9. The molecule has 6 rings (SSSR count). The zero-order valence-electron chi connectivity index (χ0n) is 22.6. The summed E-state index contributed by atoms with van der Waals surface area (Å²) in [7, 11) is 0. The van der Waals surface area contributed by atoms with Crippen molar-refractivity contribution in [2.75, 3.05) is 19.8 Å². The van der Waals surface area contributed by atoms with Crippen LogP contribution in [0.2, 0.25) is 10.0 Å². The molecule has 4 heterocycles. The second-order valence-electron chi connectivity index (χ2n) is 11.0. The second kappa shape index (κ2) is 11.7. The van der Waals surface area contributed by atoms with E-state index in [1.54, 1.807) is 12.1 Å². The van der Waals surface area contributed by atoms with Gasteiger partial charge in [0.05, 0.1) is 23.0 Å². The van der Waals surface area contributed by atoms with Gasteiger partial charge < -0.3 is 14.8 Å². The van der Waals surface area contributed by atoms with Gasteiger partial charge >= 0.3 is 0 Å². The van der Waals surface area contributed by atoms with Gasteiger partial charge in [-0.3, -0.25) is 19.7 Å². The van der Waals surface area contributed by atoms with Crippen LogP contribution >= 0.6 is 23.2 Å². The molecule has 3 amide bonds. The van der Waals surface area contributed by atoms with Gasteiger partial charge in [0.25, 0.3) is 0 Å². The maximum Gasteiger partial charge on any atom is 0.234 e. The number of aromatic nitrogens is 2. The Morgan fingerprint density at radius 1 is 1.07 bits per heavy atom. The van der Waals surface area contributed by atoms with Crippen molar-refractivity contribution >= 4 is 51.8 Å². The smallest absolute Gasteiger partial charge is 0.234 e. The molecule has 0 aliphatic carbocycles. The minimum atomic E-state index is -0.754. The van der Waals surface area contributed by atoms with E-state index in [2.05, 4.69) is 21.8 Å². The van der Waals surface area contributed by atoms with Gasteiger partial charge in [-0.1, -0.05) is 29.3 Å². The standard InChI is InChI=1S/C30H32Cl2N4O5/c31-22-13-18(14-23(32)27(22)21-5-7-25(37)35-28(21)38)16-33-29(39)30(8-11-40-12-9-30)20-4-6-24-19(15-20)17-34-36(24)26-3-1-2-10-41-26/h4,6,13-15,17,21,26H,1-3,5,7-12,16H2,(H,33,39)(H,35,37,38). The van der Waals surface area contributed by atoms with Crippen molar-refractivity contribution < 1.29 is 23.9 Å². The number of fused-ring (bicyclic) bond motifs is 1. The first-order chi connectivity index (χ1) is 19.9. The highest BCUT2D eigenvalue weighted by Gasteiger charge is 2.42. The first-order valence-corrected chi connectivity index (χ1v) is 14.9. The van der Waals surface area contributed by atoms with Crippen LogP contribution in [0.4, 0.5) is 0 Å². The van der Waals surface area contributed by atoms with E-state index in [1.165, 1.54) is 0 Å². The molecular formula is C30H32Cl2N4O5. The van der Waals surface area contributed by atoms with Gasteiger partial charge in [0.2, 0.25) is 17.7 Å². The molecular weight excluding hydrogens is 567 g/mol. The van der Waals surface area contributed by atoms with E-state index in [0.717, 1.165) is 47.9 Å². The largest absolute Gasteiger partial charge is 0.381 e. The van der Waals surface area contributed by atoms with Crippen LogP contribution in [0.25, 0.3) is 10.9 Å². The van der Waals surface area contributed by atoms with Crippen LogP contribution in [-0.2, 0) is 35.8 Å². The zero-order valence-corrected chi connectivity index (χ0v) is 24.1. The minimum Gasteiger partial charge on any atom is -0.381 e. The van der Waals surface area contributed by atoms with Gasteiger partial charge in [-0.25, -0.2) is 4.68 Å². The molecule has 3 aromatic rings. The fourth-order valence-electron chi connectivity index (χ4n) is 6.26. The molecule has 3 aliphatic rings. The van der Waals surface area contributed by atoms with Gasteiger partial charge in [0, 0.05) is 53.8 Å². The highest BCUT2D eigenvalue weighted by atomic mass is 35.5. The van der Waals surface area contributed by atoms with Gasteiger partial charge in [-0.15, -0.1) is 0 Å². The molecule has 2 N–H and O–H groups in total. The molecule has 9 nitrogen and oxygen atoms in total. The molecule has 2 atom stereocenters. The molecule has 2 unspecified atom stereocenters. The molecule has 41 heavy (non-hydrogen) atoms. The molecule has 0 bridgehead atoms. The predicted octanol–water partition coefficient (Wildman–Crippen LogP) is 4.93. The Labute approximate surface area is 247 Å². The zero-order chi connectivity index (χ0) is 28.6. The van der Waals surface area contributed by atoms with Crippen molar-refractivity contribution in [3.63, 3.8) is 0 Å². The topological polar surface area (TPSA) is 112 Å². The Kier molecular flexibility index (Phi) is 8.05. The van der Waals surface area contributed by atoms with E-state index >= 15 is 0 Å². The highest BCUT2D eigenvalue weighted by Crippen LogP contribution is 2.39. The highest BCUT2D eigenvalue weighted by molar-refractivity contribution is 6.36. The Hall–Kier alpha value is -2.98. The molecule has 3 aliphatic heterocycles. The van der Waals surface area contributed by atoms with Crippen molar-refractivity contribution in [1.82, 2.24) is 20.4 Å². The number of carbonyl (C=O) groups is 3. The number of piperidine rings is 1. The Balaban J connectivity index is 1.22. The van der Waals surface area contributed by atoms with Crippen LogP contribution in [0.1, 0.15) is 73.8 Å². The van der Waals surface area contributed by atoms with Crippen LogP contribution in [-0.4, -0.2) is 47.3 Å². The number of carbonyl (C=O) groups excluding carboxylic acids is 3. The first kappa shape index (κ1) is 28.2. The van der Waals surface area contributed by atoms with Crippen molar-refractivity contribution in [2.24, 2.45) is 0 Å². The first-order valence-electron chi connectivity index (χ1n) is 14.1. The van der Waals surface area contributed by atoms with Crippen LogP contribution in [0, 0.1) is 0 Å². The molecule has 0 saturated carbocycles. The molecule has 2 aromatic carbocycles. The molecule has 216 valence electrons. The van der Waals surface area contributed by atoms with E-state index in [0.29, 0.717) is 48.1 Å². The second-order valence-corrected chi connectivity index (χ2v) is 11.9. The summed E-state index contributed by atoms with van der Waals surface area (Å²) in [5.41, 5.74) is 2.39. The van der Waals surface area contributed by atoms with Gasteiger partial charge in [0.1, 0.15) is 0 Å². The summed E-state index contributed by atoms with van der Waals surface area (Å²) < 4.78 is 13.5. The van der Waals surface area contributed by atoms with Crippen LogP contribution in [0.15, 0.2) is 36.5 Å². The number of nitrogens with one attached hydrogen (secondary N) is 2. The number of benzene rings is 2. The van der Waals surface area contributed by atoms with Crippen LogP contribution < -0.4 is 10.6 Å². The summed E-state index contributed by atoms with van der Waals surface area (Å²) in [5.74, 6) is -1.39. The third-order valence-electron chi connectivity index (χ3n) is 8.54. The van der Waals surface area contributed by atoms with Gasteiger partial charge in [-0.2, -0.15) is 5.10 Å². The van der Waals surface area contributed by atoms with Crippen molar-refractivity contribution in [3.8, 4) is 0 Å². The summed E-state index contributed by atoms with van der Waals surface area (Å²) in [6, 6.07) is 9.56. The average molecular weight is 600 g/mol. The quantitative estimate of drug-likeness (QED) is 0.389. The summed E-state index contributed by atoms with van der Waals surface area (Å²) in [5, 5.41) is 11.7. The number of ether oxygens (including phenoxy) is 2. The fraction of sp³-hybridized carbons (Fsp3) is 0.467. The van der Waals surface area contributed by atoms with Crippen LogP contribution in [0.5, 0.6) is 0 Å². The number of rotatable bonds is 6. The number of nitrogens with zero attached hydrogens (tertiary/aromatic N) is 2. The lowest BCUT2D eigenvalue weighted by atomic mass is 9.73. The number of hydrogen-bond donors (Lipinski definition) is 2. The molecule has 0 radical (unpaired) electrons. The molecule has 11 heteroatoms. The van der Waals surface area contributed by atoms with Crippen molar-refractivity contribution in [1.29, 1.82) is 0 Å². The fourth-order valence-corrected chi connectivity index (χ4v) is 7.05. The van der Waals surface area contributed by atoms with E-state index < -0.39 is 17.2 Å². The van der Waals surface area contributed by atoms with Gasteiger partial charge in [-0.05, 0) is 73.9 Å². The molecule has 0 spiro atoms. The number of halogens is 2. The maximum absolute atomic E-state index is 13.9. The average Bonchev–Trinajstić information content (AvgIpc) is 3.41. The Morgan fingerprint density at radius 2 is 1.85 bits per heavy atom. The predicted molar refractivity (Wildman–Crippen MR) is 154 cm³/mol. The lowest BCUT2D eigenvalue weighted by molar-refractivity contribution is -0.134. The summed E-state index contributed by atoms with van der Waals surface area (Å²) in [6.45, 7) is 1.93. The Bertz CT molecular complexity index is 1470. The third-order valence-corrected chi connectivity index (χ3v) is 9.16. The van der Waals surface area contributed by atoms with Crippen molar-refractivity contribution in [2.45, 2.75) is 69.1 Å². The Morgan fingerprint density at radius 3 is 2.56 bits per heavy atom. The molecule has 3 fully saturated rings. The van der Waals surface area contributed by atoms with E-state index in [4.69, 9.17) is 32.7 Å². The molecule has 3 saturated heterocycles. The SMILES string of the molecule is O=C1CCC(c2c(Cl)cc(CNC(=O)C3(c4ccc5c(cnn5C5CCCCO5)c4)CCOCC3)cc2Cl)C(=O)N1. The summed E-state index contributed by atoms with van der Waals surface area (Å²) >= 11 is 13.2. The minimum absolute atomic E-state index is 0.0625. The molecule has 1 aromatic heterocycles. The number of hydrogen-bond acceptors (Lipinski definition) is 6. The lowest BCUT2D eigenvalue weighted by Crippen LogP contribution is -2.47. The number of imide groups is 1. The summed E-state index contributed by atoms with van der Waals surface area (Å²) in [6.07, 6.45) is 6.59.